The molecule has 1 aromatic rings. The fraction of sp³-hybridized carbons (Fsp3) is 0.500. The van der Waals surface area contributed by atoms with Crippen molar-refractivity contribution in [2.24, 2.45) is 5.73 Å². The number of thiazole rings is 1. The minimum Gasteiger partial charge on any atom is -0.330 e. The maximum Gasteiger partial charge on any atom is 0.124 e. The summed E-state index contributed by atoms with van der Waals surface area (Å²) in [5.41, 5.74) is 6.26. The number of nitrogens with zero attached hydrogens (tertiary/aromatic N) is 1. The summed E-state index contributed by atoms with van der Waals surface area (Å²) < 4.78 is 0. The molecule has 0 fully saturated rings. The highest BCUT2D eigenvalue weighted by Crippen LogP contribution is 2.06. The monoisotopic (exact) mass is 194 g/mol. The van der Waals surface area contributed by atoms with Crippen LogP contribution in [-0.2, 0) is 0 Å². The molecule has 0 saturated carbocycles. The van der Waals surface area contributed by atoms with E-state index in [-0.39, 0.29) is 0 Å². The third-order valence-electron chi connectivity index (χ3n) is 1.59. The van der Waals surface area contributed by atoms with Gasteiger partial charge in [-0.2, -0.15) is 0 Å². The first-order valence-corrected chi connectivity index (χ1v) is 5.32. The van der Waals surface area contributed by atoms with Crippen molar-refractivity contribution in [2.75, 3.05) is 6.54 Å². The van der Waals surface area contributed by atoms with Gasteiger partial charge in [0.15, 0.2) is 0 Å². The van der Waals surface area contributed by atoms with Gasteiger partial charge < -0.3 is 5.73 Å². The molecule has 0 aromatic carbocycles. The lowest BCUT2D eigenvalue weighted by molar-refractivity contribution is 0.767. The van der Waals surface area contributed by atoms with Gasteiger partial charge >= 0.3 is 0 Å². The molecule has 0 aliphatic heterocycles. The van der Waals surface area contributed by atoms with Crippen molar-refractivity contribution >= 4 is 11.3 Å². The summed E-state index contributed by atoms with van der Waals surface area (Å²) in [6.45, 7) is 2.75. The summed E-state index contributed by atoms with van der Waals surface area (Å²) in [5, 5.41) is 3.07. The summed E-state index contributed by atoms with van der Waals surface area (Å²) >= 11 is 1.64. The van der Waals surface area contributed by atoms with Gasteiger partial charge in [0.05, 0.1) is 5.01 Å². The maximum absolute atomic E-state index is 5.37. The molecule has 0 amide bonds. The van der Waals surface area contributed by atoms with Gasteiger partial charge in [-0.1, -0.05) is 5.92 Å². The molecule has 0 saturated heterocycles. The van der Waals surface area contributed by atoms with E-state index in [1.807, 2.05) is 12.3 Å². The molecule has 0 radical (unpaired) electrons. The van der Waals surface area contributed by atoms with Gasteiger partial charge in [0.1, 0.15) is 5.69 Å². The van der Waals surface area contributed by atoms with Crippen LogP contribution in [0.25, 0.3) is 0 Å². The highest BCUT2D eigenvalue weighted by Gasteiger charge is 1.91. The van der Waals surface area contributed by atoms with Crippen LogP contribution in [-0.4, -0.2) is 11.5 Å². The predicted molar refractivity (Wildman–Crippen MR) is 56.6 cm³/mol. The summed E-state index contributed by atoms with van der Waals surface area (Å²) in [6, 6.07) is 0. The quantitative estimate of drug-likeness (QED) is 0.590. The van der Waals surface area contributed by atoms with E-state index < -0.39 is 0 Å². The van der Waals surface area contributed by atoms with Crippen LogP contribution in [0.1, 0.15) is 30.0 Å². The van der Waals surface area contributed by atoms with E-state index in [4.69, 9.17) is 5.73 Å². The lowest BCUT2D eigenvalue weighted by Crippen LogP contribution is -1.96. The van der Waals surface area contributed by atoms with E-state index in [0.29, 0.717) is 0 Å². The zero-order valence-electron chi connectivity index (χ0n) is 7.84. The van der Waals surface area contributed by atoms with Gasteiger partial charge in [0.25, 0.3) is 0 Å². The van der Waals surface area contributed by atoms with Crippen LogP contribution in [0.3, 0.4) is 0 Å². The fourth-order valence-electron chi connectivity index (χ4n) is 0.932. The molecule has 0 atom stereocenters. The number of rotatable bonds is 3. The van der Waals surface area contributed by atoms with Crippen LogP contribution in [0.4, 0.5) is 0 Å². The van der Waals surface area contributed by atoms with Gasteiger partial charge in [-0.25, -0.2) is 4.98 Å². The Balaban J connectivity index is 2.31. The Morgan fingerprint density at radius 3 is 3.00 bits per heavy atom. The largest absolute Gasteiger partial charge is 0.330 e. The fourth-order valence-corrected chi connectivity index (χ4v) is 1.48. The predicted octanol–water partition coefficient (Wildman–Crippen LogP) is 1.93. The van der Waals surface area contributed by atoms with Crippen molar-refractivity contribution in [1.82, 2.24) is 4.98 Å². The molecule has 0 unspecified atom stereocenters. The number of aryl methyl sites for hydroxylation is 1. The lowest BCUT2D eigenvalue weighted by atomic mass is 10.2. The summed E-state index contributed by atoms with van der Waals surface area (Å²) in [6.07, 6.45) is 3.07. The third kappa shape index (κ3) is 4.07. The first-order valence-electron chi connectivity index (χ1n) is 4.44. The molecule has 70 valence electrons. The van der Waals surface area contributed by atoms with Gasteiger partial charge in [-0.15, -0.1) is 11.3 Å². The van der Waals surface area contributed by atoms with E-state index in [0.717, 1.165) is 36.5 Å². The van der Waals surface area contributed by atoms with E-state index in [1.165, 1.54) is 0 Å². The third-order valence-corrected chi connectivity index (χ3v) is 2.36. The molecule has 1 rings (SSSR count). The molecule has 2 nitrogen and oxygen atoms in total. The molecule has 13 heavy (non-hydrogen) atoms. The average molecular weight is 194 g/mol. The summed E-state index contributed by atoms with van der Waals surface area (Å²) in [5.74, 6) is 6.12. The van der Waals surface area contributed by atoms with Gasteiger partial charge in [-0.3, -0.25) is 0 Å². The van der Waals surface area contributed by atoms with Crippen molar-refractivity contribution in [3.8, 4) is 11.8 Å². The molecular weight excluding hydrogens is 180 g/mol. The zero-order valence-corrected chi connectivity index (χ0v) is 8.66. The van der Waals surface area contributed by atoms with Crippen LogP contribution in [0.15, 0.2) is 5.38 Å². The van der Waals surface area contributed by atoms with E-state index >= 15 is 0 Å². The molecule has 0 bridgehead atoms. The molecule has 3 heteroatoms. The number of aromatic nitrogens is 1. The number of hydrogen-bond acceptors (Lipinski definition) is 3. The maximum atomic E-state index is 5.37. The second kappa shape index (κ2) is 5.74. The average Bonchev–Trinajstić information content (AvgIpc) is 2.51. The highest BCUT2D eigenvalue weighted by molar-refractivity contribution is 7.09. The smallest absolute Gasteiger partial charge is 0.124 e. The topological polar surface area (TPSA) is 38.9 Å². The molecule has 0 aliphatic rings. The van der Waals surface area contributed by atoms with E-state index in [1.54, 1.807) is 11.3 Å². The van der Waals surface area contributed by atoms with Crippen LogP contribution in [0.2, 0.25) is 0 Å². The van der Waals surface area contributed by atoms with Crippen molar-refractivity contribution in [3.05, 3.63) is 16.1 Å². The molecule has 1 aromatic heterocycles. The van der Waals surface area contributed by atoms with Crippen LogP contribution in [0.5, 0.6) is 0 Å². The van der Waals surface area contributed by atoms with Gasteiger partial charge in [0, 0.05) is 11.8 Å². The van der Waals surface area contributed by atoms with Crippen molar-refractivity contribution < 1.29 is 0 Å². The molecule has 0 aliphatic carbocycles. The minimum absolute atomic E-state index is 0.761. The minimum atomic E-state index is 0.761. The van der Waals surface area contributed by atoms with Crippen molar-refractivity contribution in [1.29, 1.82) is 0 Å². The Kier molecular flexibility index (Phi) is 4.52. The first kappa shape index (κ1) is 10.2. The number of nitrogens with two attached hydrogens (primary N) is 1. The Bertz CT molecular complexity index is 306. The number of unbranched alkanes of at least 4 members (excludes halogenated alkanes) is 2. The Morgan fingerprint density at radius 2 is 2.38 bits per heavy atom. The standard InChI is InChI=1S/C10H14N2S/c1-9-12-10(8-13-9)6-4-2-3-5-7-11/h8H,2-3,5,7,11H2,1H3. The molecule has 1 heterocycles. The zero-order chi connectivity index (χ0) is 9.52. The summed E-state index contributed by atoms with van der Waals surface area (Å²) in [7, 11) is 0. The van der Waals surface area contributed by atoms with E-state index in [9.17, 15) is 0 Å². The molecule has 0 spiro atoms. The van der Waals surface area contributed by atoms with Gasteiger partial charge in [0.2, 0.25) is 0 Å². The normalized spacial score (nSPS) is 9.38. The lowest BCUT2D eigenvalue weighted by Gasteiger charge is -1.87. The second-order valence-corrected chi connectivity index (χ2v) is 3.86. The Morgan fingerprint density at radius 1 is 1.54 bits per heavy atom. The van der Waals surface area contributed by atoms with Crippen molar-refractivity contribution in [3.63, 3.8) is 0 Å². The van der Waals surface area contributed by atoms with Gasteiger partial charge in [-0.05, 0) is 32.2 Å². The SMILES string of the molecule is Cc1nc(C#CCCCCN)cs1. The second-order valence-electron chi connectivity index (χ2n) is 2.80. The van der Waals surface area contributed by atoms with Crippen LogP contribution >= 0.6 is 11.3 Å². The molecular formula is C10H14N2S. The van der Waals surface area contributed by atoms with Crippen LogP contribution in [0, 0.1) is 18.8 Å². The first-order chi connectivity index (χ1) is 6.33. The van der Waals surface area contributed by atoms with Crippen LogP contribution < -0.4 is 5.73 Å². The van der Waals surface area contributed by atoms with Crippen molar-refractivity contribution in [2.45, 2.75) is 26.2 Å². The number of hydrogen-bond donors (Lipinski definition) is 1. The highest BCUT2D eigenvalue weighted by atomic mass is 32.1. The van der Waals surface area contributed by atoms with E-state index in [2.05, 4.69) is 16.8 Å². The molecule has 2 N–H and O–H groups in total. The summed E-state index contributed by atoms with van der Waals surface area (Å²) in [4.78, 5) is 4.25. The Labute approximate surface area is 83.2 Å². The Hall–Kier alpha value is -0.850.